The summed E-state index contributed by atoms with van der Waals surface area (Å²) in [5, 5.41) is 3.32. The van der Waals surface area contributed by atoms with Crippen LogP contribution in [-0.2, 0) is 12.0 Å². The minimum atomic E-state index is -0.0788. The smallest absolute Gasteiger partial charge is 0.319 e. The van der Waals surface area contributed by atoms with Crippen molar-refractivity contribution in [1.82, 2.24) is 9.88 Å². The Kier molecular flexibility index (Phi) is 3.08. The summed E-state index contributed by atoms with van der Waals surface area (Å²) in [4.78, 5) is 18.4. The van der Waals surface area contributed by atoms with Crippen LogP contribution in [0.2, 0.25) is 5.15 Å². The third kappa shape index (κ3) is 2.33. The molecule has 2 amide bonds. The fourth-order valence-electron chi connectivity index (χ4n) is 3.26. The molecule has 1 spiro atoms. The molecule has 4 nitrogen and oxygen atoms in total. The molecule has 112 valence electrons. The molecule has 5 heteroatoms. The van der Waals surface area contributed by atoms with Gasteiger partial charge in [0.2, 0.25) is 0 Å². The highest BCUT2D eigenvalue weighted by atomic mass is 35.5. The topological polar surface area (TPSA) is 45.2 Å². The third-order valence-electron chi connectivity index (χ3n) is 4.56. The predicted octanol–water partition coefficient (Wildman–Crippen LogP) is 3.81. The number of urea groups is 1. The second-order valence-electron chi connectivity index (χ2n) is 6.09. The number of rotatable bonds is 1. The summed E-state index contributed by atoms with van der Waals surface area (Å²) in [5.41, 5.74) is 3.53. The van der Waals surface area contributed by atoms with Crippen molar-refractivity contribution in [2.24, 2.45) is 0 Å². The second-order valence-corrected chi connectivity index (χ2v) is 6.48. The summed E-state index contributed by atoms with van der Waals surface area (Å²) in [6.07, 6.45) is 3.90. The van der Waals surface area contributed by atoms with Crippen LogP contribution in [0.25, 0.3) is 0 Å². The highest BCUT2D eigenvalue weighted by Gasteiger charge is 2.49. The molecule has 0 unspecified atom stereocenters. The molecule has 2 heterocycles. The molecule has 1 aromatic carbocycles. The van der Waals surface area contributed by atoms with Gasteiger partial charge < -0.3 is 10.2 Å². The van der Waals surface area contributed by atoms with Gasteiger partial charge in [-0.05, 0) is 36.1 Å². The third-order valence-corrected chi connectivity index (χ3v) is 4.79. The van der Waals surface area contributed by atoms with Gasteiger partial charge in [0.25, 0.3) is 0 Å². The molecule has 2 aromatic rings. The van der Waals surface area contributed by atoms with Gasteiger partial charge in [0.05, 0.1) is 11.9 Å². The summed E-state index contributed by atoms with van der Waals surface area (Å²) in [5.74, 6) is 0. The van der Waals surface area contributed by atoms with Crippen molar-refractivity contribution in [3.8, 4) is 0 Å². The van der Waals surface area contributed by atoms with Crippen molar-refractivity contribution in [1.29, 1.82) is 0 Å². The van der Waals surface area contributed by atoms with Crippen LogP contribution in [-0.4, -0.2) is 22.5 Å². The molecule has 1 aliphatic carbocycles. The van der Waals surface area contributed by atoms with Crippen molar-refractivity contribution in [3.05, 3.63) is 58.9 Å². The number of carbonyl (C=O) groups is 1. The molecule has 1 fully saturated rings. The number of fused-ring (bicyclic) bond motifs is 2. The number of benzene rings is 1. The first-order valence-electron chi connectivity index (χ1n) is 7.42. The van der Waals surface area contributed by atoms with Gasteiger partial charge in [0.1, 0.15) is 5.15 Å². The number of pyridine rings is 1. The van der Waals surface area contributed by atoms with Crippen molar-refractivity contribution in [2.45, 2.75) is 24.8 Å². The van der Waals surface area contributed by atoms with E-state index in [2.05, 4.69) is 28.5 Å². The zero-order chi connectivity index (χ0) is 15.2. The SMILES string of the molecule is O=C(Nc1ccc(Cl)nc1)N1Cc2ccccc2C2(CC2)C1. The highest BCUT2D eigenvalue weighted by Crippen LogP contribution is 2.52. The van der Waals surface area contributed by atoms with Crippen molar-refractivity contribution in [2.75, 3.05) is 11.9 Å². The van der Waals surface area contributed by atoms with Crippen LogP contribution < -0.4 is 5.32 Å². The van der Waals surface area contributed by atoms with E-state index in [1.54, 1.807) is 18.3 Å². The molecule has 4 rings (SSSR count). The van der Waals surface area contributed by atoms with E-state index in [-0.39, 0.29) is 11.4 Å². The van der Waals surface area contributed by atoms with Gasteiger partial charge in [0.15, 0.2) is 0 Å². The largest absolute Gasteiger partial charge is 0.322 e. The molecule has 1 aliphatic heterocycles. The lowest BCUT2D eigenvalue weighted by atomic mass is 9.87. The van der Waals surface area contributed by atoms with Gasteiger partial charge in [-0.25, -0.2) is 9.78 Å². The molecule has 0 bridgehead atoms. The molecule has 22 heavy (non-hydrogen) atoms. The van der Waals surface area contributed by atoms with Crippen LogP contribution in [0.15, 0.2) is 42.6 Å². The van der Waals surface area contributed by atoms with Crippen LogP contribution in [0, 0.1) is 0 Å². The van der Waals surface area contributed by atoms with E-state index >= 15 is 0 Å². The molecular weight excluding hydrogens is 298 g/mol. The number of halogens is 1. The predicted molar refractivity (Wildman–Crippen MR) is 86.0 cm³/mol. The second kappa shape index (κ2) is 4.99. The summed E-state index contributed by atoms with van der Waals surface area (Å²) >= 11 is 5.76. The van der Waals surface area contributed by atoms with Gasteiger partial charge in [-0.15, -0.1) is 0 Å². The number of nitrogens with one attached hydrogen (secondary N) is 1. The van der Waals surface area contributed by atoms with Crippen LogP contribution in [0.4, 0.5) is 10.5 Å². The van der Waals surface area contributed by atoms with Crippen molar-refractivity contribution >= 4 is 23.3 Å². The average Bonchev–Trinajstić information content (AvgIpc) is 3.29. The lowest BCUT2D eigenvalue weighted by Gasteiger charge is -2.35. The minimum absolute atomic E-state index is 0.0788. The molecular formula is C17H16ClN3O. The highest BCUT2D eigenvalue weighted by molar-refractivity contribution is 6.29. The van der Waals surface area contributed by atoms with Crippen molar-refractivity contribution < 1.29 is 4.79 Å². The van der Waals surface area contributed by atoms with E-state index < -0.39 is 0 Å². The zero-order valence-electron chi connectivity index (χ0n) is 12.1. The number of carbonyl (C=O) groups excluding carboxylic acids is 1. The monoisotopic (exact) mass is 313 g/mol. The Morgan fingerprint density at radius 2 is 2.05 bits per heavy atom. The van der Waals surface area contributed by atoms with Crippen LogP contribution in [0.5, 0.6) is 0 Å². The number of nitrogens with zero attached hydrogens (tertiary/aromatic N) is 2. The van der Waals surface area contributed by atoms with Crippen molar-refractivity contribution in [3.63, 3.8) is 0 Å². The molecule has 2 aliphatic rings. The Morgan fingerprint density at radius 1 is 1.23 bits per heavy atom. The summed E-state index contributed by atoms with van der Waals surface area (Å²) < 4.78 is 0. The van der Waals surface area contributed by atoms with Crippen LogP contribution in [0.1, 0.15) is 24.0 Å². The number of aromatic nitrogens is 1. The first-order valence-corrected chi connectivity index (χ1v) is 7.80. The first-order chi connectivity index (χ1) is 10.7. The number of amides is 2. The van der Waals surface area contributed by atoms with Crippen LogP contribution in [0.3, 0.4) is 0 Å². The Balaban J connectivity index is 1.54. The minimum Gasteiger partial charge on any atom is -0.319 e. The van der Waals surface area contributed by atoms with Gasteiger partial charge in [-0.1, -0.05) is 35.9 Å². The first kappa shape index (κ1) is 13.6. The van der Waals surface area contributed by atoms with Gasteiger partial charge in [-0.2, -0.15) is 0 Å². The number of hydrogen-bond acceptors (Lipinski definition) is 2. The van der Waals surface area contributed by atoms with Gasteiger partial charge in [-0.3, -0.25) is 0 Å². The number of hydrogen-bond donors (Lipinski definition) is 1. The van der Waals surface area contributed by atoms with E-state index in [0.717, 1.165) is 19.4 Å². The Hall–Kier alpha value is -2.07. The molecule has 0 atom stereocenters. The van der Waals surface area contributed by atoms with Crippen LogP contribution >= 0.6 is 11.6 Å². The lowest BCUT2D eigenvalue weighted by molar-refractivity contribution is 0.197. The molecule has 1 aromatic heterocycles. The molecule has 0 saturated heterocycles. The molecule has 0 radical (unpaired) electrons. The summed E-state index contributed by atoms with van der Waals surface area (Å²) in [6.45, 7) is 1.45. The summed E-state index contributed by atoms with van der Waals surface area (Å²) in [6, 6.07) is 11.8. The fourth-order valence-corrected chi connectivity index (χ4v) is 3.37. The number of anilines is 1. The van der Waals surface area contributed by atoms with Gasteiger partial charge in [0, 0.05) is 18.5 Å². The van der Waals surface area contributed by atoms with E-state index in [1.165, 1.54) is 11.1 Å². The molecule has 1 N–H and O–H groups in total. The maximum atomic E-state index is 12.5. The zero-order valence-corrected chi connectivity index (χ0v) is 12.8. The lowest BCUT2D eigenvalue weighted by Crippen LogP contribution is -2.43. The summed E-state index contributed by atoms with van der Waals surface area (Å²) in [7, 11) is 0. The van der Waals surface area contributed by atoms with E-state index in [4.69, 9.17) is 11.6 Å². The molecule has 1 saturated carbocycles. The Morgan fingerprint density at radius 3 is 2.77 bits per heavy atom. The van der Waals surface area contributed by atoms with E-state index in [0.29, 0.717) is 17.4 Å². The normalized spacial score (nSPS) is 18.0. The maximum absolute atomic E-state index is 12.5. The van der Waals surface area contributed by atoms with E-state index in [9.17, 15) is 4.79 Å². The standard InChI is InChI=1S/C17H16ClN3O/c18-15-6-5-13(9-19-15)20-16(22)21-10-12-3-1-2-4-14(12)17(11-21)7-8-17/h1-6,9H,7-8,10-11H2,(H,20,22). The Labute approximate surface area is 134 Å². The average molecular weight is 314 g/mol. The maximum Gasteiger partial charge on any atom is 0.322 e. The Bertz CT molecular complexity index is 725. The van der Waals surface area contributed by atoms with E-state index in [1.807, 2.05) is 11.0 Å². The van der Waals surface area contributed by atoms with Gasteiger partial charge >= 0.3 is 6.03 Å². The quantitative estimate of drug-likeness (QED) is 0.814. The fraction of sp³-hybridized carbons (Fsp3) is 0.294.